The van der Waals surface area contributed by atoms with Gasteiger partial charge < -0.3 is 25.3 Å². The SMILES string of the molecule is O=C(O)CN(CCN(CCCCCCCN1C(=O)C=CC1=O)CCN(CC(=O)O)CC(=O)O)CC(=O)O. The zero-order chi connectivity index (χ0) is 27.8. The Balaban J connectivity index is 2.56. The summed E-state index contributed by atoms with van der Waals surface area (Å²) in [6, 6.07) is 0. The van der Waals surface area contributed by atoms with E-state index < -0.39 is 50.1 Å². The highest BCUT2D eigenvalue weighted by Gasteiger charge is 2.22. The molecule has 0 fully saturated rings. The van der Waals surface area contributed by atoms with Gasteiger partial charge in [0.1, 0.15) is 0 Å². The molecule has 1 aliphatic heterocycles. The molecule has 208 valence electrons. The summed E-state index contributed by atoms with van der Waals surface area (Å²) in [4.78, 5) is 73.1. The molecule has 4 N–H and O–H groups in total. The second-order valence-corrected chi connectivity index (χ2v) is 8.77. The Hall–Kier alpha value is -3.36. The quantitative estimate of drug-likeness (QED) is 0.0998. The Morgan fingerprint density at radius 2 is 0.892 bits per heavy atom. The molecule has 1 heterocycles. The van der Waals surface area contributed by atoms with E-state index in [1.165, 1.54) is 26.9 Å². The largest absolute Gasteiger partial charge is 0.480 e. The molecule has 37 heavy (non-hydrogen) atoms. The summed E-state index contributed by atoms with van der Waals surface area (Å²) >= 11 is 0. The van der Waals surface area contributed by atoms with Gasteiger partial charge in [-0.1, -0.05) is 19.3 Å². The van der Waals surface area contributed by atoms with Crippen LogP contribution in [0.3, 0.4) is 0 Å². The van der Waals surface area contributed by atoms with Gasteiger partial charge in [0.2, 0.25) is 0 Å². The van der Waals surface area contributed by atoms with Crippen LogP contribution in [-0.4, -0.2) is 141 Å². The third-order valence-corrected chi connectivity index (χ3v) is 5.66. The van der Waals surface area contributed by atoms with Gasteiger partial charge in [-0.2, -0.15) is 0 Å². The van der Waals surface area contributed by atoms with E-state index in [1.54, 1.807) is 0 Å². The van der Waals surface area contributed by atoms with Crippen molar-refractivity contribution in [3.63, 3.8) is 0 Å². The van der Waals surface area contributed by atoms with Crippen LogP contribution in [0, 0.1) is 0 Å². The molecule has 1 aliphatic rings. The van der Waals surface area contributed by atoms with E-state index in [2.05, 4.69) is 0 Å². The molecular weight excluding hydrogens is 492 g/mol. The van der Waals surface area contributed by atoms with E-state index in [0.717, 1.165) is 25.7 Å². The molecule has 0 unspecified atom stereocenters. The second-order valence-electron chi connectivity index (χ2n) is 8.77. The van der Waals surface area contributed by atoms with Gasteiger partial charge in [0.15, 0.2) is 0 Å². The summed E-state index contributed by atoms with van der Waals surface area (Å²) in [5, 5.41) is 36.2. The number of rotatable bonds is 22. The number of unbranched alkanes of at least 4 members (excludes halogenated alkanes) is 4. The first kappa shape index (κ1) is 31.7. The molecule has 14 nitrogen and oxygen atoms in total. The number of amides is 2. The minimum atomic E-state index is -1.16. The Morgan fingerprint density at radius 1 is 0.541 bits per heavy atom. The van der Waals surface area contributed by atoms with Crippen LogP contribution in [0.4, 0.5) is 0 Å². The monoisotopic (exact) mass is 528 g/mol. The molecule has 14 heteroatoms. The molecule has 1 rings (SSSR count). The fourth-order valence-electron chi connectivity index (χ4n) is 3.88. The molecule has 0 spiro atoms. The molecule has 0 aromatic heterocycles. The van der Waals surface area contributed by atoms with E-state index in [4.69, 9.17) is 20.4 Å². The van der Waals surface area contributed by atoms with Crippen LogP contribution in [-0.2, 0) is 28.8 Å². The average molecular weight is 529 g/mol. The zero-order valence-corrected chi connectivity index (χ0v) is 20.8. The van der Waals surface area contributed by atoms with Crippen molar-refractivity contribution in [2.75, 3.05) is 65.4 Å². The van der Waals surface area contributed by atoms with Crippen molar-refractivity contribution in [3.8, 4) is 0 Å². The molecule has 0 aromatic rings. The van der Waals surface area contributed by atoms with Crippen molar-refractivity contribution in [1.29, 1.82) is 0 Å². The van der Waals surface area contributed by atoms with Crippen LogP contribution in [0.2, 0.25) is 0 Å². The number of carbonyl (C=O) groups excluding carboxylic acids is 2. The highest BCUT2D eigenvalue weighted by molar-refractivity contribution is 6.12. The van der Waals surface area contributed by atoms with Crippen molar-refractivity contribution >= 4 is 35.7 Å². The lowest BCUT2D eigenvalue weighted by molar-refractivity contribution is -0.143. The second kappa shape index (κ2) is 17.2. The smallest absolute Gasteiger partial charge is 0.317 e. The Labute approximate surface area is 214 Å². The van der Waals surface area contributed by atoms with Gasteiger partial charge >= 0.3 is 23.9 Å². The van der Waals surface area contributed by atoms with Gasteiger partial charge in [-0.3, -0.25) is 43.5 Å². The minimum Gasteiger partial charge on any atom is -0.480 e. The number of carboxylic acids is 4. The minimum absolute atomic E-state index is 0.155. The van der Waals surface area contributed by atoms with Crippen molar-refractivity contribution in [2.24, 2.45) is 0 Å². The molecule has 0 aromatic carbocycles. The highest BCUT2D eigenvalue weighted by atomic mass is 16.4. The van der Waals surface area contributed by atoms with E-state index in [-0.39, 0.29) is 24.9 Å². The summed E-state index contributed by atoms with van der Waals surface area (Å²) < 4.78 is 0. The van der Waals surface area contributed by atoms with Gasteiger partial charge in [-0.05, 0) is 19.4 Å². The molecule has 2 amide bonds. The lowest BCUT2D eigenvalue weighted by Gasteiger charge is -2.28. The highest BCUT2D eigenvalue weighted by Crippen LogP contribution is 2.09. The molecule has 0 aliphatic carbocycles. The van der Waals surface area contributed by atoms with Crippen LogP contribution in [0.15, 0.2) is 12.2 Å². The van der Waals surface area contributed by atoms with Crippen molar-refractivity contribution < 1.29 is 49.2 Å². The topological polar surface area (TPSA) is 196 Å². The Morgan fingerprint density at radius 3 is 1.30 bits per heavy atom. The molecule has 0 atom stereocenters. The van der Waals surface area contributed by atoms with Gasteiger partial charge in [-0.25, -0.2) is 0 Å². The van der Waals surface area contributed by atoms with Crippen molar-refractivity contribution in [1.82, 2.24) is 19.6 Å². The van der Waals surface area contributed by atoms with Crippen LogP contribution >= 0.6 is 0 Å². The predicted molar refractivity (Wildman–Crippen MR) is 129 cm³/mol. The molecule has 0 radical (unpaired) electrons. The first-order valence-electron chi connectivity index (χ1n) is 12.1. The summed E-state index contributed by atoms with van der Waals surface area (Å²) in [5.74, 6) is -5.24. The molecular formula is C23H36N4O10. The average Bonchev–Trinajstić information content (AvgIpc) is 3.09. The third-order valence-electron chi connectivity index (χ3n) is 5.66. The zero-order valence-electron chi connectivity index (χ0n) is 20.8. The predicted octanol–water partition coefficient (Wildman–Crippen LogP) is -0.894. The van der Waals surface area contributed by atoms with Crippen LogP contribution in [0.25, 0.3) is 0 Å². The summed E-state index contributed by atoms with van der Waals surface area (Å²) in [6.45, 7) is 0.108. The summed E-state index contributed by atoms with van der Waals surface area (Å²) in [5.41, 5.74) is 0. The van der Waals surface area contributed by atoms with E-state index >= 15 is 0 Å². The number of imide groups is 1. The van der Waals surface area contributed by atoms with Crippen LogP contribution < -0.4 is 0 Å². The van der Waals surface area contributed by atoms with Gasteiger partial charge in [0.25, 0.3) is 11.8 Å². The van der Waals surface area contributed by atoms with Crippen molar-refractivity contribution in [3.05, 3.63) is 12.2 Å². The van der Waals surface area contributed by atoms with E-state index in [1.807, 2.05) is 4.90 Å². The molecule has 0 bridgehead atoms. The number of carboxylic acid groups (broad SMARTS) is 4. The Kier molecular flexibility index (Phi) is 14.7. The lowest BCUT2D eigenvalue weighted by Crippen LogP contribution is -2.44. The molecule has 0 saturated carbocycles. The first-order valence-corrected chi connectivity index (χ1v) is 12.1. The summed E-state index contributed by atoms with van der Waals surface area (Å²) in [7, 11) is 0. The maximum Gasteiger partial charge on any atom is 0.317 e. The summed E-state index contributed by atoms with van der Waals surface area (Å²) in [6.07, 6.45) is 6.43. The van der Waals surface area contributed by atoms with E-state index in [0.29, 0.717) is 32.6 Å². The van der Waals surface area contributed by atoms with Gasteiger partial charge in [0.05, 0.1) is 26.2 Å². The van der Waals surface area contributed by atoms with Gasteiger partial charge in [-0.15, -0.1) is 0 Å². The van der Waals surface area contributed by atoms with Crippen molar-refractivity contribution in [2.45, 2.75) is 32.1 Å². The lowest BCUT2D eigenvalue weighted by atomic mass is 10.1. The number of hydrogen-bond donors (Lipinski definition) is 4. The van der Waals surface area contributed by atoms with Gasteiger partial charge in [0, 0.05) is 44.9 Å². The number of aliphatic carboxylic acids is 4. The Bertz CT molecular complexity index is 757. The van der Waals surface area contributed by atoms with E-state index in [9.17, 15) is 28.8 Å². The third kappa shape index (κ3) is 14.7. The standard InChI is InChI=1S/C23H36N4O10/c28-18-6-7-19(29)27(18)9-5-3-1-2-4-8-24(10-12-25(14-20(30)31)15-21(32)33)11-13-26(16-22(34)35)17-23(36)37/h6-7H,1-5,8-17H2,(H,30,31)(H,32,33)(H,34,35)(H,36,37). The fraction of sp³-hybridized carbons (Fsp3) is 0.652. The van der Waals surface area contributed by atoms with Crippen LogP contribution in [0.5, 0.6) is 0 Å². The number of hydrogen-bond acceptors (Lipinski definition) is 9. The number of carbonyl (C=O) groups is 6. The van der Waals surface area contributed by atoms with Crippen LogP contribution in [0.1, 0.15) is 32.1 Å². The maximum atomic E-state index is 11.6. The fourth-order valence-corrected chi connectivity index (χ4v) is 3.88. The normalized spacial score (nSPS) is 13.3. The maximum absolute atomic E-state index is 11.6. The number of nitrogens with zero attached hydrogens (tertiary/aromatic N) is 4. The first-order chi connectivity index (χ1) is 17.5. The molecule has 0 saturated heterocycles.